The fourth-order valence-corrected chi connectivity index (χ4v) is 2.08. The van der Waals surface area contributed by atoms with Gasteiger partial charge in [-0.1, -0.05) is 0 Å². The van der Waals surface area contributed by atoms with E-state index in [2.05, 4.69) is 22.2 Å². The minimum atomic E-state index is 0.000833. The number of nitrogens with one attached hydrogen (secondary N) is 2. The van der Waals surface area contributed by atoms with Crippen LogP contribution in [-0.4, -0.2) is 21.9 Å². The van der Waals surface area contributed by atoms with E-state index in [0.29, 0.717) is 11.5 Å². The number of hydrogen-bond acceptors (Lipinski definition) is 2. The van der Waals surface area contributed by atoms with E-state index in [1.54, 1.807) is 6.33 Å². The molecule has 1 saturated carbocycles. The molecule has 0 saturated heterocycles. The molecule has 1 atom stereocenters. The third kappa shape index (κ3) is 2.02. The highest BCUT2D eigenvalue weighted by Crippen LogP contribution is 2.32. The zero-order valence-corrected chi connectivity index (χ0v) is 9.73. The molecule has 1 aromatic heterocycles. The highest BCUT2D eigenvalue weighted by molar-refractivity contribution is 5.97. The average Bonchev–Trinajstić information content (AvgIpc) is 3.07. The Kier molecular flexibility index (Phi) is 2.35. The molecule has 4 nitrogen and oxygen atoms in total. The highest BCUT2D eigenvalue weighted by atomic mass is 16.1. The van der Waals surface area contributed by atoms with Crippen LogP contribution in [0.25, 0.3) is 11.0 Å². The third-order valence-corrected chi connectivity index (χ3v) is 3.37. The summed E-state index contributed by atoms with van der Waals surface area (Å²) >= 11 is 0. The van der Waals surface area contributed by atoms with Gasteiger partial charge >= 0.3 is 0 Å². The first-order valence-electron chi connectivity index (χ1n) is 5.98. The van der Waals surface area contributed by atoms with Crippen molar-refractivity contribution in [2.75, 3.05) is 0 Å². The Morgan fingerprint density at radius 1 is 1.53 bits per heavy atom. The number of hydrogen-bond donors (Lipinski definition) is 2. The molecule has 4 heteroatoms. The summed E-state index contributed by atoms with van der Waals surface area (Å²) in [7, 11) is 0. The first kappa shape index (κ1) is 10.3. The van der Waals surface area contributed by atoms with Gasteiger partial charge in [0.15, 0.2) is 0 Å². The Labute approximate surface area is 99.4 Å². The Hall–Kier alpha value is -1.84. The minimum Gasteiger partial charge on any atom is -0.349 e. The second kappa shape index (κ2) is 3.87. The van der Waals surface area contributed by atoms with Gasteiger partial charge in [0.25, 0.3) is 5.91 Å². The van der Waals surface area contributed by atoms with Gasteiger partial charge < -0.3 is 10.3 Å². The molecule has 17 heavy (non-hydrogen) atoms. The van der Waals surface area contributed by atoms with Crippen LogP contribution in [0.2, 0.25) is 0 Å². The quantitative estimate of drug-likeness (QED) is 0.846. The summed E-state index contributed by atoms with van der Waals surface area (Å²) in [5.74, 6) is 0.677. The van der Waals surface area contributed by atoms with Crippen LogP contribution in [0.15, 0.2) is 24.5 Å². The van der Waals surface area contributed by atoms with E-state index < -0.39 is 0 Å². The lowest BCUT2D eigenvalue weighted by Gasteiger charge is -2.12. The van der Waals surface area contributed by atoms with Gasteiger partial charge in [0.05, 0.1) is 17.4 Å². The van der Waals surface area contributed by atoms with Crippen LogP contribution in [0, 0.1) is 5.92 Å². The number of H-pyrrole nitrogens is 1. The predicted molar refractivity (Wildman–Crippen MR) is 65.7 cm³/mol. The Balaban J connectivity index is 1.79. The van der Waals surface area contributed by atoms with Crippen molar-refractivity contribution < 1.29 is 4.79 Å². The first-order valence-corrected chi connectivity index (χ1v) is 5.98. The van der Waals surface area contributed by atoms with E-state index in [-0.39, 0.29) is 11.9 Å². The summed E-state index contributed by atoms with van der Waals surface area (Å²) in [5.41, 5.74) is 2.47. The zero-order valence-electron chi connectivity index (χ0n) is 9.73. The lowest BCUT2D eigenvalue weighted by molar-refractivity contribution is 0.0936. The molecule has 1 heterocycles. The van der Waals surface area contributed by atoms with Gasteiger partial charge in [-0.15, -0.1) is 0 Å². The van der Waals surface area contributed by atoms with E-state index in [1.165, 1.54) is 12.8 Å². The normalized spacial score (nSPS) is 17.0. The zero-order chi connectivity index (χ0) is 11.8. The first-order chi connectivity index (χ1) is 8.24. The van der Waals surface area contributed by atoms with Crippen molar-refractivity contribution in [2.45, 2.75) is 25.8 Å². The van der Waals surface area contributed by atoms with Crippen LogP contribution in [0.4, 0.5) is 0 Å². The molecular weight excluding hydrogens is 214 g/mol. The molecule has 1 unspecified atom stereocenters. The predicted octanol–water partition coefficient (Wildman–Crippen LogP) is 2.09. The molecular formula is C13H15N3O. The van der Waals surface area contributed by atoms with E-state index in [0.717, 1.165) is 11.0 Å². The van der Waals surface area contributed by atoms with Crippen LogP contribution < -0.4 is 5.32 Å². The van der Waals surface area contributed by atoms with Gasteiger partial charge in [0.1, 0.15) is 0 Å². The van der Waals surface area contributed by atoms with Crippen LogP contribution in [0.5, 0.6) is 0 Å². The summed E-state index contributed by atoms with van der Waals surface area (Å²) in [5, 5.41) is 3.04. The lowest BCUT2D eigenvalue weighted by Crippen LogP contribution is -2.33. The van der Waals surface area contributed by atoms with Gasteiger partial charge in [-0.25, -0.2) is 4.98 Å². The Bertz CT molecular complexity index is 557. The monoisotopic (exact) mass is 229 g/mol. The molecule has 1 aliphatic carbocycles. The Morgan fingerprint density at radius 3 is 3.12 bits per heavy atom. The lowest BCUT2D eigenvalue weighted by atomic mass is 10.1. The molecule has 0 radical (unpaired) electrons. The van der Waals surface area contributed by atoms with Gasteiger partial charge in [-0.05, 0) is 43.9 Å². The molecule has 0 bridgehead atoms. The number of amides is 1. The molecule has 1 aromatic carbocycles. The molecule has 3 rings (SSSR count). The van der Waals surface area contributed by atoms with Crippen molar-refractivity contribution in [3.63, 3.8) is 0 Å². The number of aromatic amines is 1. The number of carbonyl (C=O) groups excluding carboxylic acids is 1. The van der Waals surface area contributed by atoms with Gasteiger partial charge in [-0.3, -0.25) is 4.79 Å². The van der Waals surface area contributed by atoms with Crippen LogP contribution in [-0.2, 0) is 0 Å². The Morgan fingerprint density at radius 2 is 2.35 bits per heavy atom. The highest BCUT2D eigenvalue weighted by Gasteiger charge is 2.29. The van der Waals surface area contributed by atoms with Gasteiger partial charge in [0.2, 0.25) is 0 Å². The SMILES string of the molecule is CC(NC(=O)c1ccc2nc[nH]c2c1)C1CC1. The van der Waals surface area contributed by atoms with Crippen LogP contribution in [0.3, 0.4) is 0 Å². The summed E-state index contributed by atoms with van der Waals surface area (Å²) in [6, 6.07) is 5.80. The van der Waals surface area contributed by atoms with Crippen molar-refractivity contribution in [3.8, 4) is 0 Å². The molecule has 1 amide bonds. The molecule has 1 fully saturated rings. The number of benzene rings is 1. The second-order valence-corrected chi connectivity index (χ2v) is 4.73. The number of rotatable bonds is 3. The van der Waals surface area contributed by atoms with Crippen molar-refractivity contribution in [1.29, 1.82) is 0 Å². The van der Waals surface area contributed by atoms with Gasteiger partial charge in [-0.2, -0.15) is 0 Å². The molecule has 1 aliphatic rings. The minimum absolute atomic E-state index is 0.000833. The number of nitrogens with zero attached hydrogens (tertiary/aromatic N) is 1. The standard InChI is InChI=1S/C13H15N3O/c1-8(9-2-3-9)16-13(17)10-4-5-11-12(6-10)15-7-14-11/h4-9H,2-3H2,1H3,(H,14,15)(H,16,17). The number of carbonyl (C=O) groups is 1. The molecule has 2 N–H and O–H groups in total. The largest absolute Gasteiger partial charge is 0.349 e. The number of fused-ring (bicyclic) bond motifs is 1. The van der Waals surface area contributed by atoms with Gasteiger partial charge in [0, 0.05) is 11.6 Å². The summed E-state index contributed by atoms with van der Waals surface area (Å²) in [4.78, 5) is 19.2. The number of imidazole rings is 1. The summed E-state index contributed by atoms with van der Waals surface area (Å²) < 4.78 is 0. The van der Waals surface area contributed by atoms with Crippen molar-refractivity contribution >= 4 is 16.9 Å². The van der Waals surface area contributed by atoms with Crippen LogP contribution >= 0.6 is 0 Å². The van der Waals surface area contributed by atoms with E-state index in [9.17, 15) is 4.79 Å². The molecule has 0 aliphatic heterocycles. The van der Waals surface area contributed by atoms with Crippen molar-refractivity contribution in [3.05, 3.63) is 30.1 Å². The fourth-order valence-electron chi connectivity index (χ4n) is 2.08. The summed E-state index contributed by atoms with van der Waals surface area (Å²) in [6.45, 7) is 2.07. The maximum absolute atomic E-state index is 12.0. The maximum atomic E-state index is 12.0. The van der Waals surface area contributed by atoms with E-state index in [4.69, 9.17) is 0 Å². The molecule has 2 aromatic rings. The average molecular weight is 229 g/mol. The van der Waals surface area contributed by atoms with E-state index in [1.807, 2.05) is 18.2 Å². The topological polar surface area (TPSA) is 57.8 Å². The second-order valence-electron chi connectivity index (χ2n) is 4.73. The third-order valence-electron chi connectivity index (χ3n) is 3.37. The fraction of sp³-hybridized carbons (Fsp3) is 0.385. The maximum Gasteiger partial charge on any atom is 0.251 e. The summed E-state index contributed by atoms with van der Waals surface area (Å²) in [6.07, 6.45) is 4.11. The molecule has 88 valence electrons. The van der Waals surface area contributed by atoms with Crippen LogP contribution in [0.1, 0.15) is 30.1 Å². The van der Waals surface area contributed by atoms with Crippen molar-refractivity contribution in [2.24, 2.45) is 5.92 Å². The van der Waals surface area contributed by atoms with E-state index >= 15 is 0 Å². The smallest absolute Gasteiger partial charge is 0.251 e. The molecule has 0 spiro atoms. The van der Waals surface area contributed by atoms with Crippen molar-refractivity contribution in [1.82, 2.24) is 15.3 Å². The number of aromatic nitrogens is 2.